The Morgan fingerprint density at radius 3 is 3.07 bits per heavy atom. The molecule has 0 saturated carbocycles. The summed E-state index contributed by atoms with van der Waals surface area (Å²) in [6, 6.07) is 1.14. The molecule has 4 nitrogen and oxygen atoms in total. The molecule has 2 atom stereocenters. The smallest absolute Gasteiger partial charge is 0.0726 e. The summed E-state index contributed by atoms with van der Waals surface area (Å²) in [5, 5.41) is 3.47. The van der Waals surface area contributed by atoms with E-state index in [1.807, 2.05) is 6.20 Å². The topological polar surface area (TPSA) is 41.1 Å². The van der Waals surface area contributed by atoms with Crippen LogP contribution in [0.15, 0.2) is 18.6 Å². The summed E-state index contributed by atoms with van der Waals surface area (Å²) in [4.78, 5) is 10.8. The van der Waals surface area contributed by atoms with Gasteiger partial charge in [0.15, 0.2) is 0 Å². The first kappa shape index (κ1) is 10.5. The van der Waals surface area contributed by atoms with Crippen LogP contribution >= 0.6 is 0 Å². The Morgan fingerprint density at radius 2 is 2.33 bits per heavy atom. The molecule has 0 bridgehead atoms. The molecule has 2 heterocycles. The second-order valence-corrected chi connectivity index (χ2v) is 4.28. The van der Waals surface area contributed by atoms with Crippen molar-refractivity contribution in [1.82, 2.24) is 20.2 Å². The fourth-order valence-electron chi connectivity index (χ4n) is 1.94. The Morgan fingerprint density at radius 1 is 1.47 bits per heavy atom. The van der Waals surface area contributed by atoms with Gasteiger partial charge in [-0.05, 0) is 13.8 Å². The lowest BCUT2D eigenvalue weighted by atomic mass is 10.1. The molecular weight excluding hydrogens is 188 g/mol. The fraction of sp³-hybridized carbons (Fsp3) is 0.636. The molecule has 15 heavy (non-hydrogen) atoms. The third-order valence-electron chi connectivity index (χ3n) is 2.88. The summed E-state index contributed by atoms with van der Waals surface area (Å²) in [5.74, 6) is 0. The van der Waals surface area contributed by atoms with E-state index in [-0.39, 0.29) is 0 Å². The largest absolute Gasteiger partial charge is 0.311 e. The predicted octanol–water partition coefficient (Wildman–Crippen LogP) is 0.659. The Kier molecular flexibility index (Phi) is 3.28. The van der Waals surface area contributed by atoms with Crippen LogP contribution in [0.2, 0.25) is 0 Å². The molecule has 1 fully saturated rings. The lowest BCUT2D eigenvalue weighted by Gasteiger charge is -2.37. The average Bonchev–Trinajstić information content (AvgIpc) is 2.25. The standard InChI is InChI=1S/C11H18N4/c1-9-7-15(10(2)5-14-9)8-11-6-12-3-4-13-11/h3-4,6,9-10,14H,5,7-8H2,1-2H3. The molecule has 0 amide bonds. The zero-order chi connectivity index (χ0) is 10.7. The van der Waals surface area contributed by atoms with Gasteiger partial charge in [0, 0.05) is 50.3 Å². The van der Waals surface area contributed by atoms with Gasteiger partial charge < -0.3 is 5.32 Å². The number of nitrogens with zero attached hydrogens (tertiary/aromatic N) is 3. The van der Waals surface area contributed by atoms with E-state index in [1.165, 1.54) is 0 Å². The first-order chi connectivity index (χ1) is 7.25. The van der Waals surface area contributed by atoms with Gasteiger partial charge in [0.25, 0.3) is 0 Å². The summed E-state index contributed by atoms with van der Waals surface area (Å²) in [6.45, 7) is 7.50. The van der Waals surface area contributed by atoms with Crippen molar-refractivity contribution in [3.8, 4) is 0 Å². The first-order valence-corrected chi connectivity index (χ1v) is 5.48. The fourth-order valence-corrected chi connectivity index (χ4v) is 1.94. The summed E-state index contributed by atoms with van der Waals surface area (Å²) in [6.07, 6.45) is 5.32. The lowest BCUT2D eigenvalue weighted by molar-refractivity contribution is 0.137. The van der Waals surface area contributed by atoms with Crippen LogP contribution in [-0.4, -0.2) is 40.0 Å². The molecule has 1 N–H and O–H groups in total. The van der Waals surface area contributed by atoms with E-state index in [4.69, 9.17) is 0 Å². The minimum Gasteiger partial charge on any atom is -0.311 e. The van der Waals surface area contributed by atoms with E-state index in [0.717, 1.165) is 25.3 Å². The molecule has 2 rings (SSSR count). The molecule has 1 aromatic rings. The number of aromatic nitrogens is 2. The van der Waals surface area contributed by atoms with Crippen LogP contribution in [0.4, 0.5) is 0 Å². The minimum absolute atomic E-state index is 0.567. The lowest BCUT2D eigenvalue weighted by Crippen LogP contribution is -2.53. The van der Waals surface area contributed by atoms with Crippen LogP contribution in [0, 0.1) is 0 Å². The normalized spacial score (nSPS) is 27.9. The maximum atomic E-state index is 4.31. The molecule has 0 aliphatic carbocycles. The number of hydrogen-bond donors (Lipinski definition) is 1. The van der Waals surface area contributed by atoms with Crippen molar-refractivity contribution in [1.29, 1.82) is 0 Å². The van der Waals surface area contributed by atoms with Crippen molar-refractivity contribution >= 4 is 0 Å². The van der Waals surface area contributed by atoms with Crippen LogP contribution in [-0.2, 0) is 6.54 Å². The second-order valence-electron chi connectivity index (χ2n) is 4.28. The minimum atomic E-state index is 0.567. The SMILES string of the molecule is CC1CN(Cc2cnccn2)C(C)CN1. The maximum absolute atomic E-state index is 4.31. The summed E-state index contributed by atoms with van der Waals surface area (Å²) < 4.78 is 0. The number of piperazine rings is 1. The van der Waals surface area contributed by atoms with Gasteiger partial charge in [0.05, 0.1) is 5.69 Å². The Bertz CT molecular complexity index is 301. The van der Waals surface area contributed by atoms with Crippen molar-refractivity contribution < 1.29 is 0 Å². The van der Waals surface area contributed by atoms with E-state index >= 15 is 0 Å². The van der Waals surface area contributed by atoms with Gasteiger partial charge >= 0.3 is 0 Å². The van der Waals surface area contributed by atoms with Crippen molar-refractivity contribution in [2.45, 2.75) is 32.5 Å². The van der Waals surface area contributed by atoms with Gasteiger partial charge in [0.2, 0.25) is 0 Å². The third kappa shape index (κ3) is 2.73. The van der Waals surface area contributed by atoms with Crippen molar-refractivity contribution in [3.05, 3.63) is 24.3 Å². The number of rotatable bonds is 2. The highest BCUT2D eigenvalue weighted by Crippen LogP contribution is 2.09. The van der Waals surface area contributed by atoms with Gasteiger partial charge in [-0.3, -0.25) is 14.9 Å². The van der Waals surface area contributed by atoms with Crippen molar-refractivity contribution in [3.63, 3.8) is 0 Å². The third-order valence-corrected chi connectivity index (χ3v) is 2.88. The average molecular weight is 206 g/mol. The summed E-state index contributed by atoms with van der Waals surface area (Å²) in [7, 11) is 0. The van der Waals surface area contributed by atoms with Gasteiger partial charge in [-0.15, -0.1) is 0 Å². The van der Waals surface area contributed by atoms with E-state index in [9.17, 15) is 0 Å². The second kappa shape index (κ2) is 4.68. The summed E-state index contributed by atoms with van der Waals surface area (Å²) in [5.41, 5.74) is 1.05. The Balaban J connectivity index is 1.98. The Hall–Kier alpha value is -1.00. The van der Waals surface area contributed by atoms with Crippen LogP contribution < -0.4 is 5.32 Å². The first-order valence-electron chi connectivity index (χ1n) is 5.48. The molecule has 0 aromatic carbocycles. The van der Waals surface area contributed by atoms with Crippen LogP contribution in [0.5, 0.6) is 0 Å². The van der Waals surface area contributed by atoms with Crippen LogP contribution in [0.3, 0.4) is 0 Å². The summed E-state index contributed by atoms with van der Waals surface area (Å²) >= 11 is 0. The quantitative estimate of drug-likeness (QED) is 0.771. The van der Waals surface area contributed by atoms with Crippen molar-refractivity contribution in [2.75, 3.05) is 13.1 Å². The molecule has 0 radical (unpaired) electrons. The molecule has 0 spiro atoms. The molecule has 82 valence electrons. The molecule has 4 heteroatoms. The zero-order valence-corrected chi connectivity index (χ0v) is 9.35. The van der Waals surface area contributed by atoms with Gasteiger partial charge in [-0.1, -0.05) is 0 Å². The van der Waals surface area contributed by atoms with E-state index < -0.39 is 0 Å². The number of nitrogens with one attached hydrogen (secondary N) is 1. The van der Waals surface area contributed by atoms with E-state index in [2.05, 4.69) is 34.0 Å². The molecule has 2 unspecified atom stereocenters. The highest BCUT2D eigenvalue weighted by Gasteiger charge is 2.22. The van der Waals surface area contributed by atoms with Crippen LogP contribution in [0.1, 0.15) is 19.5 Å². The van der Waals surface area contributed by atoms with Gasteiger partial charge in [0.1, 0.15) is 0 Å². The monoisotopic (exact) mass is 206 g/mol. The molecule has 1 aromatic heterocycles. The molecule has 1 aliphatic heterocycles. The van der Waals surface area contributed by atoms with E-state index in [1.54, 1.807) is 12.4 Å². The predicted molar refractivity (Wildman–Crippen MR) is 59.4 cm³/mol. The van der Waals surface area contributed by atoms with Crippen molar-refractivity contribution in [2.24, 2.45) is 0 Å². The maximum Gasteiger partial charge on any atom is 0.0726 e. The van der Waals surface area contributed by atoms with Gasteiger partial charge in [-0.2, -0.15) is 0 Å². The molecule has 1 saturated heterocycles. The van der Waals surface area contributed by atoms with Crippen LogP contribution in [0.25, 0.3) is 0 Å². The number of hydrogen-bond acceptors (Lipinski definition) is 4. The highest BCUT2D eigenvalue weighted by atomic mass is 15.2. The highest BCUT2D eigenvalue weighted by molar-refractivity contribution is 4.96. The Labute approximate surface area is 90.7 Å². The van der Waals surface area contributed by atoms with E-state index in [0.29, 0.717) is 12.1 Å². The molecular formula is C11H18N4. The van der Waals surface area contributed by atoms with Gasteiger partial charge in [-0.25, -0.2) is 0 Å². The zero-order valence-electron chi connectivity index (χ0n) is 9.35. The molecule has 1 aliphatic rings.